The molecule has 642 valence electrons. The number of fused-ring (bicyclic) bond motifs is 18. The van der Waals surface area contributed by atoms with Gasteiger partial charge in [-0.3, -0.25) is 28.4 Å². The van der Waals surface area contributed by atoms with E-state index in [1.165, 1.54) is 57.1 Å². The van der Waals surface area contributed by atoms with Crippen LogP contribution in [0.3, 0.4) is 0 Å². The largest absolute Gasteiger partial charge is 0.477 e. The lowest BCUT2D eigenvalue weighted by atomic mass is 9.93. The maximum Gasteiger partial charge on any atom is 0.268 e. The first-order chi connectivity index (χ1) is 56.8. The van der Waals surface area contributed by atoms with Crippen LogP contribution in [0.5, 0.6) is 17.6 Å². The van der Waals surface area contributed by atoms with Crippen molar-refractivity contribution >= 4 is 65.2 Å². The third-order valence-electron chi connectivity index (χ3n) is 26.2. The SMILES string of the molecule is Cc1c2cnn1CCC[C@@H]1CN(c3nc(-n4ccc(OCCC5(C)CC5)n4)ccc3C(=O)NS2(=O)=O)C(C)(C)C1.Cc1c2cnn1CCC[C@@H]1CN(c3nc(-n4ccc(OCCC5(C)CC5)n4)ccc3C(=O)NS2(=O)=O)C(C)(C)C1.Cc1c2cnn1CCC[C@@H]1CN(c3nc(-n4ccc(OCCC5(C)CC5)n4)ccc3C(=O)NS2(=O)=O)C(C)(C)C1. The highest BCUT2D eigenvalue weighted by atomic mass is 32.2. The van der Waals surface area contributed by atoms with Gasteiger partial charge in [0.05, 0.1) is 72.2 Å². The molecule has 9 aromatic rings. The number of anilines is 3. The van der Waals surface area contributed by atoms with Gasteiger partial charge in [-0.25, -0.2) is 68.4 Å². The second-order valence-electron chi connectivity index (χ2n) is 37.3. The average molecular weight is 1700 g/mol. The summed E-state index contributed by atoms with van der Waals surface area (Å²) in [7, 11) is -12.4. The van der Waals surface area contributed by atoms with Crippen molar-refractivity contribution in [2.75, 3.05) is 54.2 Å². The van der Waals surface area contributed by atoms with Gasteiger partial charge in [0.25, 0.3) is 47.8 Å². The number of pyridine rings is 3. The van der Waals surface area contributed by atoms with Gasteiger partial charge >= 0.3 is 0 Å². The summed E-state index contributed by atoms with van der Waals surface area (Å²) >= 11 is 0. The smallest absolute Gasteiger partial charge is 0.268 e. The lowest BCUT2D eigenvalue weighted by Gasteiger charge is -2.34. The van der Waals surface area contributed by atoms with Crippen LogP contribution < -0.4 is 43.1 Å². The molecule has 9 aromatic heterocycles. The second-order valence-corrected chi connectivity index (χ2v) is 42.3. The predicted octanol–water partition coefficient (Wildman–Crippen LogP) is 11.6. The molecule has 12 bridgehead atoms. The third kappa shape index (κ3) is 17.8. The summed E-state index contributed by atoms with van der Waals surface area (Å²) in [5, 5.41) is 26.5. The summed E-state index contributed by atoms with van der Waals surface area (Å²) in [5.41, 5.74) is 2.51. The summed E-state index contributed by atoms with van der Waals surface area (Å²) in [6, 6.07) is 15.3. The molecule has 3 amide bonds. The van der Waals surface area contributed by atoms with Crippen LogP contribution in [0.25, 0.3) is 17.5 Å². The van der Waals surface area contributed by atoms with Crippen molar-refractivity contribution in [1.29, 1.82) is 0 Å². The van der Waals surface area contributed by atoms with Gasteiger partial charge in [0.1, 0.15) is 32.1 Å². The average Bonchev–Trinajstić information content (AvgIpc) is 1.57. The Bertz CT molecular complexity index is 5210. The molecule has 3 N–H and O–H groups in total. The number of amides is 3. The molecule has 120 heavy (non-hydrogen) atoms. The van der Waals surface area contributed by atoms with Gasteiger partial charge in [-0.15, -0.1) is 15.3 Å². The van der Waals surface area contributed by atoms with E-state index in [4.69, 9.17) is 29.2 Å². The van der Waals surface area contributed by atoms with Crippen LogP contribution in [-0.2, 0) is 49.7 Å². The van der Waals surface area contributed by atoms with Crippen molar-refractivity contribution in [3.63, 3.8) is 0 Å². The minimum Gasteiger partial charge on any atom is -0.477 e. The number of nitrogens with zero attached hydrogens (tertiary/aromatic N) is 18. The van der Waals surface area contributed by atoms with E-state index in [0.29, 0.717) is 163 Å². The molecule has 36 heteroatoms. The number of rotatable bonds is 15. The number of hydrogen-bond acceptors (Lipinski definition) is 24. The topological polar surface area (TPSA) is 373 Å². The number of nitrogens with one attached hydrogen (secondary N) is 3. The van der Waals surface area contributed by atoms with E-state index in [2.05, 4.69) is 122 Å². The van der Waals surface area contributed by atoms with Crippen LogP contribution in [0.1, 0.15) is 226 Å². The Morgan fingerprint density at radius 3 is 0.917 bits per heavy atom. The Morgan fingerprint density at radius 2 is 0.658 bits per heavy atom. The van der Waals surface area contributed by atoms with E-state index >= 15 is 0 Å². The minimum atomic E-state index is -4.13. The number of sulfonamides is 3. The van der Waals surface area contributed by atoms with Crippen molar-refractivity contribution in [2.45, 2.75) is 250 Å². The fraction of sp³-hybridized carbons (Fsp3) is 0.571. The van der Waals surface area contributed by atoms with E-state index in [-0.39, 0.29) is 48.0 Å². The molecule has 6 aliphatic heterocycles. The Morgan fingerprint density at radius 1 is 0.392 bits per heavy atom. The van der Waals surface area contributed by atoms with Gasteiger partial charge in [-0.2, -0.15) is 15.3 Å². The molecular weight excluding hydrogens is 1590 g/mol. The second kappa shape index (κ2) is 31.7. The summed E-state index contributed by atoms with van der Waals surface area (Å²) in [5.74, 6) is 3.49. The van der Waals surface area contributed by atoms with Gasteiger partial charge in [-0.05, 0) is 248 Å². The maximum atomic E-state index is 13.5. The molecule has 15 heterocycles. The van der Waals surface area contributed by atoms with Crippen LogP contribution in [0.2, 0.25) is 0 Å². The van der Waals surface area contributed by atoms with Gasteiger partial charge in [0.2, 0.25) is 17.6 Å². The highest BCUT2D eigenvalue weighted by Gasteiger charge is 2.46. The first kappa shape index (κ1) is 83.4. The quantitative estimate of drug-likeness (QED) is 0.0858. The molecule has 3 aliphatic carbocycles. The first-order valence-electron chi connectivity index (χ1n) is 42.0. The number of ether oxygens (including phenoxy) is 3. The van der Waals surface area contributed by atoms with Gasteiger partial charge in [0, 0.05) is 92.7 Å². The zero-order valence-corrected chi connectivity index (χ0v) is 73.1. The Labute approximate surface area is 701 Å². The summed E-state index contributed by atoms with van der Waals surface area (Å²) in [4.78, 5) is 61.7. The molecule has 0 aromatic carbocycles. The van der Waals surface area contributed by atoms with Crippen molar-refractivity contribution in [3.8, 4) is 35.1 Å². The summed E-state index contributed by atoms with van der Waals surface area (Å²) in [6.45, 7) is 30.6. The normalized spacial score (nSPS) is 22.8. The molecule has 3 saturated carbocycles. The number of carbonyl (C=O) groups is 3. The van der Waals surface area contributed by atoms with E-state index in [1.807, 2.05) is 0 Å². The number of hydrogen-bond donors (Lipinski definition) is 3. The summed E-state index contributed by atoms with van der Waals surface area (Å²) in [6.07, 6.45) is 28.1. The Kier molecular flexibility index (Phi) is 22.0. The molecular formula is C84H111N21O12S3. The van der Waals surface area contributed by atoms with E-state index in [9.17, 15) is 39.6 Å². The lowest BCUT2D eigenvalue weighted by molar-refractivity contribution is 0.0972. The fourth-order valence-corrected chi connectivity index (χ4v) is 21.3. The zero-order valence-electron chi connectivity index (χ0n) is 70.7. The monoisotopic (exact) mass is 1700 g/mol. The van der Waals surface area contributed by atoms with Crippen LogP contribution in [-0.4, -0.2) is 173 Å². The number of carbonyl (C=O) groups excluding carboxylic acids is 3. The zero-order chi connectivity index (χ0) is 84.9. The van der Waals surface area contributed by atoms with Crippen LogP contribution in [0.15, 0.2) is 106 Å². The van der Waals surface area contributed by atoms with Gasteiger partial charge in [-0.1, -0.05) is 20.8 Å². The molecule has 0 unspecified atom stereocenters. The molecule has 6 fully saturated rings. The number of aromatic nitrogens is 15. The van der Waals surface area contributed by atoms with Gasteiger partial charge in [0.15, 0.2) is 17.5 Å². The predicted molar refractivity (Wildman–Crippen MR) is 448 cm³/mol. The number of aryl methyl sites for hydroxylation is 3. The molecule has 3 atom stereocenters. The highest BCUT2D eigenvalue weighted by molar-refractivity contribution is 7.90. The minimum absolute atomic E-state index is 0.00685. The molecule has 0 spiro atoms. The maximum absolute atomic E-state index is 13.5. The lowest BCUT2D eigenvalue weighted by Crippen LogP contribution is -2.41. The Hall–Kier alpha value is -10.2. The molecule has 9 aliphatic rings. The summed E-state index contributed by atoms with van der Waals surface area (Å²) < 4.78 is 114. The van der Waals surface area contributed by atoms with Crippen molar-refractivity contribution < 1.29 is 53.8 Å². The molecule has 33 nitrogen and oxygen atoms in total. The molecule has 3 saturated heterocycles. The van der Waals surface area contributed by atoms with Crippen LogP contribution in [0, 0.1) is 54.8 Å². The highest BCUT2D eigenvalue weighted by Crippen LogP contribution is 2.51. The van der Waals surface area contributed by atoms with Crippen LogP contribution in [0.4, 0.5) is 17.5 Å². The third-order valence-corrected chi connectivity index (χ3v) is 30.5. The van der Waals surface area contributed by atoms with Crippen molar-refractivity contribution in [3.05, 3.63) is 126 Å². The molecule has 0 radical (unpaired) electrons. The van der Waals surface area contributed by atoms with E-state index in [0.717, 1.165) is 77.0 Å². The van der Waals surface area contributed by atoms with Crippen molar-refractivity contribution in [1.82, 2.24) is 87.8 Å². The van der Waals surface area contributed by atoms with E-state index < -0.39 is 47.8 Å². The molecule has 18 rings (SSSR count). The van der Waals surface area contributed by atoms with Gasteiger partial charge < -0.3 is 28.9 Å². The van der Waals surface area contributed by atoms with Crippen LogP contribution >= 0.6 is 0 Å². The Balaban J connectivity index is 0.000000134. The first-order valence-corrected chi connectivity index (χ1v) is 46.5. The van der Waals surface area contributed by atoms with Crippen molar-refractivity contribution in [2.24, 2.45) is 34.0 Å². The fourth-order valence-electron chi connectivity index (χ4n) is 17.9. The standard InChI is InChI=1S/3C28H37N7O4S/c3*1-19-22-17-29-34(19)13-5-6-20-16-27(2,3)33(18-20)25-21(26(36)32-40(22,37)38)7-8-23(30-25)35-14-9-24(31-35)39-15-12-28(4)10-11-28/h3*7-9,14,17,20H,5-6,10-13,15-16,18H2,1-4H3,(H,32,36)/t3*20-/m000/s1. The van der Waals surface area contributed by atoms with E-state index in [1.54, 1.807) is 122 Å².